The molecule has 0 N–H and O–H groups in total. The summed E-state index contributed by atoms with van der Waals surface area (Å²) in [5, 5.41) is 3.51. The smallest absolute Gasteiger partial charge is 0.213 e. The van der Waals surface area contributed by atoms with Gasteiger partial charge in [-0.3, -0.25) is 4.57 Å². The SMILES string of the molecule is C=Cc1cc(-c2ccc3c(c2)oc2c3c3ccc(C)cc3n2-c2ccc(C)cc2)ccc1C(c1ccc(C)cc1C)C(C)C. The Balaban J connectivity index is 1.36. The number of fused-ring (bicyclic) bond motifs is 5. The minimum atomic E-state index is 0.296. The molecule has 0 aliphatic heterocycles. The fraction of sp³-hybridized carbons (Fsp3) is 0.190. The van der Waals surface area contributed by atoms with Gasteiger partial charge in [-0.25, -0.2) is 0 Å². The first-order valence-corrected chi connectivity index (χ1v) is 15.6. The Bertz CT molecular complexity index is 2200. The highest BCUT2D eigenvalue weighted by Gasteiger charge is 2.23. The molecule has 0 bridgehead atoms. The maximum atomic E-state index is 6.73. The third-order valence-electron chi connectivity index (χ3n) is 9.23. The summed E-state index contributed by atoms with van der Waals surface area (Å²) in [7, 11) is 0. The van der Waals surface area contributed by atoms with Gasteiger partial charge >= 0.3 is 0 Å². The molecule has 2 heterocycles. The Morgan fingerprint density at radius 1 is 0.659 bits per heavy atom. The largest absolute Gasteiger partial charge is 0.439 e. The molecule has 2 nitrogen and oxygen atoms in total. The van der Waals surface area contributed by atoms with Gasteiger partial charge in [-0.1, -0.05) is 98.3 Å². The third kappa shape index (κ3) is 4.57. The first-order valence-electron chi connectivity index (χ1n) is 15.6. The Labute approximate surface area is 260 Å². The average Bonchev–Trinajstić information content (AvgIpc) is 3.52. The molecule has 0 spiro atoms. The van der Waals surface area contributed by atoms with E-state index in [1.54, 1.807) is 0 Å². The van der Waals surface area contributed by atoms with Crippen molar-refractivity contribution in [2.24, 2.45) is 5.92 Å². The molecule has 1 atom stereocenters. The zero-order chi connectivity index (χ0) is 30.7. The van der Waals surface area contributed by atoms with E-state index in [1.165, 1.54) is 49.8 Å². The standard InChI is InChI=1S/C42H39NO/c1-8-30-23-31(13-19-35(30)40(25(2)3)34-17-11-27(5)21-29(34)7)32-14-20-37-39(24-32)44-42-41(37)36-18-12-28(6)22-38(36)43(42)33-15-9-26(4)10-16-33/h8-25,40H,1H2,2-7H3. The van der Waals surface area contributed by atoms with E-state index < -0.39 is 0 Å². The van der Waals surface area contributed by atoms with Crippen LogP contribution in [0.1, 0.15) is 58.7 Å². The highest BCUT2D eigenvalue weighted by atomic mass is 16.3. The van der Waals surface area contributed by atoms with E-state index in [4.69, 9.17) is 4.42 Å². The predicted molar refractivity (Wildman–Crippen MR) is 188 cm³/mol. The van der Waals surface area contributed by atoms with Crippen LogP contribution in [0.5, 0.6) is 0 Å². The lowest BCUT2D eigenvalue weighted by Crippen LogP contribution is -2.12. The van der Waals surface area contributed by atoms with Crippen molar-refractivity contribution in [2.75, 3.05) is 0 Å². The molecule has 218 valence electrons. The number of aromatic nitrogens is 1. The molecule has 0 radical (unpaired) electrons. The Morgan fingerprint density at radius 2 is 1.30 bits per heavy atom. The van der Waals surface area contributed by atoms with E-state index in [-0.39, 0.29) is 0 Å². The molecule has 0 aliphatic rings. The first kappa shape index (κ1) is 28.0. The number of hydrogen-bond donors (Lipinski definition) is 0. The van der Waals surface area contributed by atoms with Crippen LogP contribution in [-0.2, 0) is 0 Å². The van der Waals surface area contributed by atoms with E-state index in [1.807, 2.05) is 6.08 Å². The van der Waals surface area contributed by atoms with E-state index in [9.17, 15) is 0 Å². The molecule has 0 saturated carbocycles. The van der Waals surface area contributed by atoms with Crippen LogP contribution in [0.15, 0.2) is 108 Å². The van der Waals surface area contributed by atoms with Gasteiger partial charge < -0.3 is 4.42 Å². The van der Waals surface area contributed by atoms with Crippen LogP contribution in [0.3, 0.4) is 0 Å². The summed E-state index contributed by atoms with van der Waals surface area (Å²) in [6.07, 6.45) is 2.01. The molecular weight excluding hydrogens is 534 g/mol. The van der Waals surface area contributed by atoms with Crippen molar-refractivity contribution in [1.29, 1.82) is 0 Å². The molecular formula is C42H39NO. The van der Waals surface area contributed by atoms with Crippen LogP contribution in [-0.4, -0.2) is 4.57 Å². The first-order chi connectivity index (χ1) is 21.2. The van der Waals surface area contributed by atoms with Crippen molar-refractivity contribution in [2.45, 2.75) is 47.5 Å². The van der Waals surface area contributed by atoms with Gasteiger partial charge in [0.05, 0.1) is 10.9 Å². The molecule has 0 aliphatic carbocycles. The van der Waals surface area contributed by atoms with Crippen LogP contribution in [0.4, 0.5) is 0 Å². The van der Waals surface area contributed by atoms with Gasteiger partial charge in [0.15, 0.2) is 0 Å². The van der Waals surface area contributed by atoms with Crippen LogP contribution in [0, 0.1) is 33.6 Å². The van der Waals surface area contributed by atoms with Crippen molar-refractivity contribution in [3.05, 3.63) is 143 Å². The topological polar surface area (TPSA) is 18.1 Å². The zero-order valence-corrected chi connectivity index (χ0v) is 26.5. The van der Waals surface area contributed by atoms with E-state index in [0.29, 0.717) is 11.8 Å². The number of benzene rings is 5. The van der Waals surface area contributed by atoms with Gasteiger partial charge in [-0.2, -0.15) is 0 Å². The molecule has 7 rings (SSSR count). The van der Waals surface area contributed by atoms with Crippen LogP contribution < -0.4 is 0 Å². The lowest BCUT2D eigenvalue weighted by Gasteiger charge is -2.26. The summed E-state index contributed by atoms with van der Waals surface area (Å²) >= 11 is 0. The zero-order valence-electron chi connectivity index (χ0n) is 26.5. The molecule has 0 fully saturated rings. The fourth-order valence-corrected chi connectivity index (χ4v) is 7.05. The lowest BCUT2D eigenvalue weighted by atomic mass is 9.78. The normalized spacial score (nSPS) is 12.5. The summed E-state index contributed by atoms with van der Waals surface area (Å²) in [5.74, 6) is 0.746. The highest BCUT2D eigenvalue weighted by Crippen LogP contribution is 2.42. The average molecular weight is 574 g/mol. The summed E-state index contributed by atoms with van der Waals surface area (Å²) in [6.45, 7) is 17.5. The summed E-state index contributed by atoms with van der Waals surface area (Å²) in [4.78, 5) is 0. The molecule has 2 aromatic heterocycles. The summed E-state index contributed by atoms with van der Waals surface area (Å²) < 4.78 is 8.99. The third-order valence-corrected chi connectivity index (χ3v) is 9.23. The minimum Gasteiger partial charge on any atom is -0.439 e. The maximum Gasteiger partial charge on any atom is 0.213 e. The summed E-state index contributed by atoms with van der Waals surface area (Å²) in [5.41, 5.74) is 15.4. The number of aryl methyl sites for hydroxylation is 4. The summed E-state index contributed by atoms with van der Waals surface area (Å²) in [6, 6.07) is 35.7. The molecule has 5 aromatic carbocycles. The second kappa shape index (κ2) is 10.7. The Morgan fingerprint density at radius 3 is 2.02 bits per heavy atom. The maximum absolute atomic E-state index is 6.73. The number of nitrogens with zero attached hydrogens (tertiary/aromatic N) is 1. The van der Waals surface area contributed by atoms with Gasteiger partial charge in [0.1, 0.15) is 5.58 Å². The Hall–Kier alpha value is -4.82. The van der Waals surface area contributed by atoms with Crippen molar-refractivity contribution in [3.63, 3.8) is 0 Å². The molecule has 44 heavy (non-hydrogen) atoms. The second-order valence-electron chi connectivity index (χ2n) is 12.8. The van der Waals surface area contributed by atoms with Gasteiger partial charge in [0, 0.05) is 22.4 Å². The molecule has 7 aromatic rings. The number of rotatable bonds is 6. The van der Waals surface area contributed by atoms with Gasteiger partial charge in [0.25, 0.3) is 0 Å². The van der Waals surface area contributed by atoms with Crippen LogP contribution >= 0.6 is 0 Å². The Kier molecular flexibility index (Phi) is 6.81. The fourth-order valence-electron chi connectivity index (χ4n) is 7.05. The lowest BCUT2D eigenvalue weighted by molar-refractivity contribution is 0.561. The van der Waals surface area contributed by atoms with Crippen molar-refractivity contribution in [3.8, 4) is 16.8 Å². The number of furan rings is 1. The number of hydrogen-bond acceptors (Lipinski definition) is 1. The molecule has 0 amide bonds. The van der Waals surface area contributed by atoms with E-state index in [2.05, 4.69) is 150 Å². The second-order valence-corrected chi connectivity index (χ2v) is 12.8. The minimum absolute atomic E-state index is 0.296. The monoisotopic (exact) mass is 573 g/mol. The van der Waals surface area contributed by atoms with Crippen molar-refractivity contribution in [1.82, 2.24) is 4.57 Å². The molecule has 0 saturated heterocycles. The van der Waals surface area contributed by atoms with Crippen LogP contribution in [0.25, 0.3) is 55.9 Å². The van der Waals surface area contributed by atoms with E-state index >= 15 is 0 Å². The van der Waals surface area contributed by atoms with Crippen molar-refractivity contribution < 1.29 is 4.42 Å². The van der Waals surface area contributed by atoms with Gasteiger partial charge in [0.2, 0.25) is 5.71 Å². The van der Waals surface area contributed by atoms with Crippen LogP contribution in [0.2, 0.25) is 0 Å². The quantitative estimate of drug-likeness (QED) is 0.193. The van der Waals surface area contributed by atoms with Crippen molar-refractivity contribution >= 4 is 39.0 Å². The molecule has 2 heteroatoms. The highest BCUT2D eigenvalue weighted by molar-refractivity contribution is 6.20. The van der Waals surface area contributed by atoms with Gasteiger partial charge in [-0.15, -0.1) is 0 Å². The predicted octanol–water partition coefficient (Wildman–Crippen LogP) is 11.9. The molecule has 1 unspecified atom stereocenters. The van der Waals surface area contributed by atoms with E-state index in [0.717, 1.165) is 38.9 Å². The van der Waals surface area contributed by atoms with Gasteiger partial charge in [-0.05, 0) is 109 Å².